The molecule has 0 heterocycles. The standard InChI is InChI=1S/C14H16O2.C5H12O3/c1-2-10-3-5-11(6-4-10)12-7-13(15)9-14(16)8-12;1-5(2-6,3-7)4-8/h3-6,12H,2,7-9H2,1H3;6-8H,2-4H2,1H3. The Morgan fingerprint density at radius 2 is 1.42 bits per heavy atom. The van der Waals surface area contributed by atoms with Gasteiger partial charge in [-0.25, -0.2) is 0 Å². The van der Waals surface area contributed by atoms with Gasteiger partial charge in [0.05, 0.1) is 26.2 Å². The Morgan fingerprint density at radius 1 is 0.958 bits per heavy atom. The first-order chi connectivity index (χ1) is 11.4. The lowest BCUT2D eigenvalue weighted by molar-refractivity contribution is -0.130. The number of aryl methyl sites for hydroxylation is 1. The second-order valence-electron chi connectivity index (χ2n) is 6.74. The minimum absolute atomic E-state index is 0.0841. The number of aliphatic hydroxyl groups is 3. The van der Waals surface area contributed by atoms with Crippen LogP contribution in [-0.4, -0.2) is 46.7 Å². The highest BCUT2D eigenvalue weighted by atomic mass is 16.3. The second kappa shape index (κ2) is 9.67. The summed E-state index contributed by atoms with van der Waals surface area (Å²) in [6.45, 7) is 3.18. The predicted octanol–water partition coefficient (Wildman–Crippen LogP) is 1.62. The van der Waals surface area contributed by atoms with E-state index in [0.29, 0.717) is 12.8 Å². The summed E-state index contributed by atoms with van der Waals surface area (Å²) in [6.07, 6.45) is 2.21. The van der Waals surface area contributed by atoms with Crippen LogP contribution < -0.4 is 0 Å². The summed E-state index contributed by atoms with van der Waals surface area (Å²) in [5, 5.41) is 25.4. The molecular weight excluding hydrogens is 308 g/mol. The summed E-state index contributed by atoms with van der Waals surface area (Å²) < 4.78 is 0. The van der Waals surface area contributed by atoms with E-state index in [9.17, 15) is 9.59 Å². The molecule has 0 atom stereocenters. The van der Waals surface area contributed by atoms with Crippen LogP contribution in [0.2, 0.25) is 0 Å². The zero-order valence-corrected chi connectivity index (χ0v) is 14.5. The number of rotatable bonds is 5. The van der Waals surface area contributed by atoms with Crippen LogP contribution in [0.15, 0.2) is 24.3 Å². The monoisotopic (exact) mass is 336 g/mol. The number of aliphatic hydroxyl groups excluding tert-OH is 3. The Labute approximate surface area is 143 Å². The van der Waals surface area contributed by atoms with Gasteiger partial charge in [0.2, 0.25) is 0 Å². The molecule has 0 unspecified atom stereocenters. The third-order valence-electron chi connectivity index (χ3n) is 4.35. The van der Waals surface area contributed by atoms with E-state index in [1.165, 1.54) is 5.56 Å². The van der Waals surface area contributed by atoms with Gasteiger partial charge in [-0.3, -0.25) is 9.59 Å². The van der Waals surface area contributed by atoms with Gasteiger partial charge in [-0.1, -0.05) is 38.1 Å². The second-order valence-corrected chi connectivity index (χ2v) is 6.74. The first-order valence-electron chi connectivity index (χ1n) is 8.32. The van der Waals surface area contributed by atoms with Gasteiger partial charge in [0.15, 0.2) is 0 Å². The Bertz CT molecular complexity index is 507. The third kappa shape index (κ3) is 6.15. The number of hydrogen-bond donors (Lipinski definition) is 3. The zero-order chi connectivity index (χ0) is 18.2. The van der Waals surface area contributed by atoms with Gasteiger partial charge in [-0.05, 0) is 23.5 Å². The maximum Gasteiger partial charge on any atom is 0.140 e. The summed E-state index contributed by atoms with van der Waals surface area (Å²) in [7, 11) is 0. The van der Waals surface area contributed by atoms with Crippen molar-refractivity contribution in [1.82, 2.24) is 0 Å². The van der Waals surface area contributed by atoms with E-state index in [1.54, 1.807) is 6.92 Å². The molecule has 1 saturated carbocycles. The van der Waals surface area contributed by atoms with Crippen molar-refractivity contribution in [3.8, 4) is 0 Å². The molecule has 2 rings (SSSR count). The highest BCUT2D eigenvalue weighted by molar-refractivity contribution is 6.02. The number of carbonyl (C=O) groups excluding carboxylic acids is 2. The highest BCUT2D eigenvalue weighted by Gasteiger charge is 2.26. The van der Waals surface area contributed by atoms with E-state index in [0.717, 1.165) is 12.0 Å². The molecule has 1 aromatic rings. The van der Waals surface area contributed by atoms with E-state index in [2.05, 4.69) is 31.2 Å². The lowest BCUT2D eigenvalue weighted by atomic mass is 9.82. The van der Waals surface area contributed by atoms with E-state index in [-0.39, 0.29) is 43.7 Å². The van der Waals surface area contributed by atoms with Crippen molar-refractivity contribution in [3.05, 3.63) is 35.4 Å². The summed E-state index contributed by atoms with van der Waals surface area (Å²) in [6, 6.07) is 8.27. The number of Topliss-reactive ketones (excluding diaryl/α,β-unsaturated/α-hetero) is 2. The molecular formula is C19H28O5. The van der Waals surface area contributed by atoms with Gasteiger partial charge in [-0.2, -0.15) is 0 Å². The minimum Gasteiger partial charge on any atom is -0.396 e. The lowest BCUT2D eigenvalue weighted by Gasteiger charge is -2.20. The summed E-state index contributed by atoms with van der Waals surface area (Å²) >= 11 is 0. The fraction of sp³-hybridized carbons (Fsp3) is 0.579. The van der Waals surface area contributed by atoms with Gasteiger partial charge < -0.3 is 15.3 Å². The normalized spacial score (nSPS) is 15.9. The predicted molar refractivity (Wildman–Crippen MR) is 91.8 cm³/mol. The molecule has 24 heavy (non-hydrogen) atoms. The van der Waals surface area contributed by atoms with Crippen LogP contribution in [0.25, 0.3) is 0 Å². The molecule has 0 aromatic heterocycles. The van der Waals surface area contributed by atoms with Gasteiger partial charge >= 0.3 is 0 Å². The molecule has 5 nitrogen and oxygen atoms in total. The Morgan fingerprint density at radius 3 is 1.75 bits per heavy atom. The number of ketones is 2. The zero-order valence-electron chi connectivity index (χ0n) is 14.5. The van der Waals surface area contributed by atoms with Crippen LogP contribution in [0, 0.1) is 5.41 Å². The van der Waals surface area contributed by atoms with Crippen LogP contribution in [0.3, 0.4) is 0 Å². The molecule has 0 aliphatic heterocycles. The van der Waals surface area contributed by atoms with Crippen LogP contribution in [-0.2, 0) is 16.0 Å². The summed E-state index contributed by atoms with van der Waals surface area (Å²) in [5.41, 5.74) is 1.70. The van der Waals surface area contributed by atoms with Crippen molar-refractivity contribution in [2.24, 2.45) is 5.41 Å². The maximum atomic E-state index is 11.4. The van der Waals surface area contributed by atoms with Crippen molar-refractivity contribution in [2.75, 3.05) is 19.8 Å². The van der Waals surface area contributed by atoms with E-state index in [1.807, 2.05) is 0 Å². The molecule has 1 aliphatic rings. The first kappa shape index (κ1) is 20.5. The number of benzene rings is 1. The fourth-order valence-corrected chi connectivity index (χ4v) is 2.40. The molecule has 3 N–H and O–H groups in total. The lowest BCUT2D eigenvalue weighted by Crippen LogP contribution is -2.29. The quantitative estimate of drug-likeness (QED) is 0.710. The molecule has 5 heteroatoms. The molecule has 0 radical (unpaired) electrons. The maximum absolute atomic E-state index is 11.4. The van der Waals surface area contributed by atoms with Crippen LogP contribution in [0.5, 0.6) is 0 Å². The average molecular weight is 336 g/mol. The molecule has 0 spiro atoms. The topological polar surface area (TPSA) is 94.8 Å². The SMILES string of the molecule is CC(CO)(CO)CO.CCc1ccc(C2CC(=O)CC(=O)C2)cc1. The molecule has 0 bridgehead atoms. The molecule has 0 amide bonds. The summed E-state index contributed by atoms with van der Waals surface area (Å²) in [5.74, 6) is 0.279. The van der Waals surface area contributed by atoms with Crippen LogP contribution in [0.1, 0.15) is 50.2 Å². The number of hydrogen-bond acceptors (Lipinski definition) is 5. The van der Waals surface area contributed by atoms with Gasteiger partial charge in [0.1, 0.15) is 11.6 Å². The van der Waals surface area contributed by atoms with Crippen molar-refractivity contribution in [1.29, 1.82) is 0 Å². The van der Waals surface area contributed by atoms with E-state index in [4.69, 9.17) is 15.3 Å². The molecule has 1 fully saturated rings. The van der Waals surface area contributed by atoms with Gasteiger partial charge in [-0.15, -0.1) is 0 Å². The summed E-state index contributed by atoms with van der Waals surface area (Å²) in [4.78, 5) is 22.7. The van der Waals surface area contributed by atoms with Crippen molar-refractivity contribution in [2.45, 2.75) is 45.4 Å². The minimum atomic E-state index is -0.708. The smallest absolute Gasteiger partial charge is 0.140 e. The molecule has 0 saturated heterocycles. The Hall–Kier alpha value is -1.56. The fourth-order valence-electron chi connectivity index (χ4n) is 2.40. The van der Waals surface area contributed by atoms with Gasteiger partial charge in [0.25, 0.3) is 0 Å². The highest BCUT2D eigenvalue weighted by Crippen LogP contribution is 2.29. The van der Waals surface area contributed by atoms with Crippen molar-refractivity contribution >= 4 is 11.6 Å². The van der Waals surface area contributed by atoms with Crippen LogP contribution >= 0.6 is 0 Å². The van der Waals surface area contributed by atoms with E-state index < -0.39 is 5.41 Å². The average Bonchev–Trinajstić information content (AvgIpc) is 2.61. The molecule has 1 aromatic carbocycles. The van der Waals surface area contributed by atoms with E-state index >= 15 is 0 Å². The van der Waals surface area contributed by atoms with Crippen LogP contribution in [0.4, 0.5) is 0 Å². The Balaban J connectivity index is 0.000000307. The first-order valence-corrected chi connectivity index (χ1v) is 8.32. The van der Waals surface area contributed by atoms with Crippen molar-refractivity contribution < 1.29 is 24.9 Å². The van der Waals surface area contributed by atoms with Gasteiger partial charge in [0, 0.05) is 18.3 Å². The third-order valence-corrected chi connectivity index (χ3v) is 4.35. The Kier molecular flexibility index (Phi) is 8.25. The number of carbonyl (C=O) groups is 2. The largest absolute Gasteiger partial charge is 0.396 e. The van der Waals surface area contributed by atoms with Crippen molar-refractivity contribution in [3.63, 3.8) is 0 Å². The molecule has 1 aliphatic carbocycles. The molecule has 134 valence electrons.